The largest absolute Gasteiger partial charge is 0.356 e. The number of hydrogen-bond donors (Lipinski definition) is 1. The molecule has 8 heteroatoms. The van der Waals surface area contributed by atoms with Crippen molar-refractivity contribution in [3.8, 4) is 0 Å². The first-order valence-electron chi connectivity index (χ1n) is 11.2. The Balaban J connectivity index is 1.33. The Morgan fingerprint density at radius 2 is 1.70 bits per heavy atom. The molecule has 1 fully saturated rings. The van der Waals surface area contributed by atoms with E-state index < -0.39 is 9.84 Å². The number of nitrogens with zero attached hydrogens (tertiary/aromatic N) is 4. The fraction of sp³-hybridized carbons (Fsp3) is 0.360. The van der Waals surface area contributed by atoms with Crippen LogP contribution in [0.25, 0.3) is 0 Å². The molecule has 1 aliphatic rings. The molecule has 0 bridgehead atoms. The fourth-order valence-corrected chi connectivity index (χ4v) is 5.01. The average Bonchev–Trinajstić information content (AvgIpc) is 2.80. The zero-order chi connectivity index (χ0) is 23.3. The Morgan fingerprint density at radius 1 is 1.00 bits per heavy atom. The van der Waals surface area contributed by atoms with Crippen LogP contribution >= 0.6 is 0 Å². The van der Waals surface area contributed by atoms with Gasteiger partial charge in [-0.2, -0.15) is 4.98 Å². The maximum Gasteiger partial charge on any atom is 0.229 e. The van der Waals surface area contributed by atoms with Crippen LogP contribution in [0.3, 0.4) is 0 Å². The molecule has 1 N–H and O–H groups in total. The molecular formula is C25H31N5O2S. The molecule has 0 unspecified atom stereocenters. The minimum atomic E-state index is -3.05. The fourth-order valence-electron chi connectivity index (χ4n) is 4.22. The van der Waals surface area contributed by atoms with E-state index in [0.717, 1.165) is 49.5 Å². The summed E-state index contributed by atoms with van der Waals surface area (Å²) in [7, 11) is -0.947. The van der Waals surface area contributed by atoms with Crippen LogP contribution in [0.1, 0.15) is 24.0 Å². The lowest BCUT2D eigenvalue weighted by atomic mass is 10.0. The molecule has 33 heavy (non-hydrogen) atoms. The Morgan fingerprint density at radius 3 is 2.36 bits per heavy atom. The van der Waals surface area contributed by atoms with E-state index in [9.17, 15) is 8.42 Å². The molecule has 174 valence electrons. The topological polar surface area (TPSA) is 78.4 Å². The van der Waals surface area contributed by atoms with Gasteiger partial charge >= 0.3 is 0 Å². The van der Waals surface area contributed by atoms with Crippen molar-refractivity contribution in [2.75, 3.05) is 36.6 Å². The highest BCUT2D eigenvalue weighted by atomic mass is 32.2. The normalized spacial score (nSPS) is 15.3. The van der Waals surface area contributed by atoms with E-state index in [2.05, 4.69) is 57.5 Å². The van der Waals surface area contributed by atoms with Crippen LogP contribution in [0, 0.1) is 0 Å². The number of likely N-dealkylation sites (tertiary alicyclic amines) is 1. The third-order valence-electron chi connectivity index (χ3n) is 6.00. The zero-order valence-electron chi connectivity index (χ0n) is 19.2. The molecule has 0 aliphatic carbocycles. The second-order valence-electron chi connectivity index (χ2n) is 8.73. The molecule has 2 heterocycles. The monoisotopic (exact) mass is 465 g/mol. The molecule has 1 aromatic heterocycles. The number of sulfone groups is 1. The molecule has 0 amide bonds. The molecule has 1 aliphatic heterocycles. The van der Waals surface area contributed by atoms with Gasteiger partial charge in [-0.1, -0.05) is 42.5 Å². The molecule has 3 aromatic rings. The van der Waals surface area contributed by atoms with Gasteiger partial charge in [-0.05, 0) is 42.2 Å². The Kier molecular flexibility index (Phi) is 7.25. The number of aromatic nitrogens is 2. The SMILES string of the molecule is CN(c1ccnc(Nc2ccc(CS(C)(=O)=O)cc2)n1)C1CCN(Cc2ccccc2)CC1. The summed E-state index contributed by atoms with van der Waals surface area (Å²) < 4.78 is 22.9. The van der Waals surface area contributed by atoms with Crippen LogP contribution < -0.4 is 10.2 Å². The van der Waals surface area contributed by atoms with Crippen molar-refractivity contribution in [2.24, 2.45) is 0 Å². The van der Waals surface area contributed by atoms with Crippen molar-refractivity contribution >= 4 is 27.3 Å². The van der Waals surface area contributed by atoms with Gasteiger partial charge in [0.1, 0.15) is 5.82 Å². The number of piperidine rings is 1. The highest BCUT2D eigenvalue weighted by Gasteiger charge is 2.23. The molecule has 0 radical (unpaired) electrons. The lowest BCUT2D eigenvalue weighted by molar-refractivity contribution is 0.203. The summed E-state index contributed by atoms with van der Waals surface area (Å²) in [4.78, 5) is 13.8. The van der Waals surface area contributed by atoms with E-state index in [1.807, 2.05) is 30.3 Å². The number of rotatable bonds is 8. The van der Waals surface area contributed by atoms with E-state index in [1.54, 1.807) is 6.20 Å². The highest BCUT2D eigenvalue weighted by Crippen LogP contribution is 2.23. The second kappa shape index (κ2) is 10.3. The van der Waals surface area contributed by atoms with Gasteiger partial charge in [0.25, 0.3) is 0 Å². The molecular weight excluding hydrogens is 434 g/mol. The van der Waals surface area contributed by atoms with Crippen molar-refractivity contribution in [1.82, 2.24) is 14.9 Å². The summed E-state index contributed by atoms with van der Waals surface area (Å²) in [5.74, 6) is 1.45. The van der Waals surface area contributed by atoms with Crippen molar-refractivity contribution < 1.29 is 8.42 Å². The number of benzene rings is 2. The Hall–Kier alpha value is -2.97. The third-order valence-corrected chi connectivity index (χ3v) is 6.85. The molecule has 0 spiro atoms. The van der Waals surface area contributed by atoms with Crippen LogP contribution in [-0.2, 0) is 22.1 Å². The van der Waals surface area contributed by atoms with Crippen LogP contribution in [0.2, 0.25) is 0 Å². The first-order valence-corrected chi connectivity index (χ1v) is 13.3. The quantitative estimate of drug-likeness (QED) is 0.541. The van der Waals surface area contributed by atoms with Gasteiger partial charge in [-0.25, -0.2) is 13.4 Å². The average molecular weight is 466 g/mol. The summed E-state index contributed by atoms with van der Waals surface area (Å²) in [6.45, 7) is 3.14. The molecule has 1 saturated heterocycles. The molecule has 0 saturated carbocycles. The van der Waals surface area contributed by atoms with Gasteiger partial charge in [0, 0.05) is 50.9 Å². The lowest BCUT2D eigenvalue weighted by Crippen LogP contribution is -2.43. The van der Waals surface area contributed by atoms with Crippen molar-refractivity contribution in [2.45, 2.75) is 31.2 Å². The molecule has 4 rings (SSSR count). The smallest absolute Gasteiger partial charge is 0.229 e. The van der Waals surface area contributed by atoms with Crippen LogP contribution in [-0.4, -0.2) is 55.7 Å². The highest BCUT2D eigenvalue weighted by molar-refractivity contribution is 7.89. The molecule has 2 aromatic carbocycles. The van der Waals surface area contributed by atoms with Gasteiger partial charge in [-0.3, -0.25) is 4.90 Å². The Bertz CT molecular complexity index is 1140. The van der Waals surface area contributed by atoms with Crippen molar-refractivity contribution in [3.63, 3.8) is 0 Å². The van der Waals surface area contributed by atoms with E-state index in [4.69, 9.17) is 4.98 Å². The van der Waals surface area contributed by atoms with E-state index in [1.165, 1.54) is 11.8 Å². The first-order chi connectivity index (χ1) is 15.9. The van der Waals surface area contributed by atoms with Gasteiger partial charge in [0.05, 0.1) is 5.75 Å². The predicted molar refractivity (Wildman–Crippen MR) is 133 cm³/mol. The summed E-state index contributed by atoms with van der Waals surface area (Å²) in [5.41, 5.74) is 2.94. The van der Waals surface area contributed by atoms with Crippen molar-refractivity contribution in [3.05, 3.63) is 78.0 Å². The summed E-state index contributed by atoms with van der Waals surface area (Å²) in [6, 6.07) is 20.3. The molecule has 7 nitrogen and oxygen atoms in total. The maximum atomic E-state index is 11.5. The summed E-state index contributed by atoms with van der Waals surface area (Å²) in [6.07, 6.45) is 5.20. The van der Waals surface area contributed by atoms with E-state index >= 15 is 0 Å². The second-order valence-corrected chi connectivity index (χ2v) is 10.9. The van der Waals surface area contributed by atoms with Crippen LogP contribution in [0.5, 0.6) is 0 Å². The number of nitrogens with one attached hydrogen (secondary N) is 1. The minimum Gasteiger partial charge on any atom is -0.356 e. The maximum absolute atomic E-state index is 11.5. The van der Waals surface area contributed by atoms with Crippen LogP contribution in [0.15, 0.2) is 66.9 Å². The minimum absolute atomic E-state index is 0.0359. The van der Waals surface area contributed by atoms with E-state index in [-0.39, 0.29) is 5.75 Å². The van der Waals surface area contributed by atoms with Gasteiger partial charge in [0.15, 0.2) is 9.84 Å². The van der Waals surface area contributed by atoms with Crippen molar-refractivity contribution in [1.29, 1.82) is 0 Å². The Labute approximate surface area is 196 Å². The summed E-state index contributed by atoms with van der Waals surface area (Å²) in [5, 5.41) is 3.22. The van der Waals surface area contributed by atoms with Crippen LogP contribution in [0.4, 0.5) is 17.5 Å². The molecule has 0 atom stereocenters. The third kappa shape index (κ3) is 6.76. The number of hydrogen-bond acceptors (Lipinski definition) is 7. The first kappa shape index (κ1) is 23.2. The standard InChI is InChI=1S/C25H31N5O2S/c1-29(23-13-16-30(17-14-23)18-20-6-4-3-5-7-20)24-12-15-26-25(28-24)27-22-10-8-21(9-11-22)19-33(2,31)32/h3-12,15,23H,13-14,16-19H2,1-2H3,(H,26,27,28). The van der Waals surface area contributed by atoms with E-state index in [0.29, 0.717) is 12.0 Å². The zero-order valence-corrected chi connectivity index (χ0v) is 20.0. The van der Waals surface area contributed by atoms with Gasteiger partial charge in [0.2, 0.25) is 5.95 Å². The number of anilines is 3. The van der Waals surface area contributed by atoms with Gasteiger partial charge < -0.3 is 10.2 Å². The lowest BCUT2D eigenvalue weighted by Gasteiger charge is -2.37. The predicted octanol–water partition coefficient (Wildman–Crippen LogP) is 3.87. The summed E-state index contributed by atoms with van der Waals surface area (Å²) >= 11 is 0. The van der Waals surface area contributed by atoms with Gasteiger partial charge in [-0.15, -0.1) is 0 Å².